The molecule has 0 bridgehead atoms. The lowest BCUT2D eigenvalue weighted by Gasteiger charge is -2.43. The van der Waals surface area contributed by atoms with Crippen molar-refractivity contribution in [3.05, 3.63) is 0 Å². The summed E-state index contributed by atoms with van der Waals surface area (Å²) in [4.78, 5) is 0. The van der Waals surface area contributed by atoms with Gasteiger partial charge in [0.05, 0.1) is 12.2 Å². The molecule has 0 aromatic rings. The van der Waals surface area contributed by atoms with Gasteiger partial charge in [0.2, 0.25) is 0 Å². The van der Waals surface area contributed by atoms with Crippen molar-refractivity contribution in [2.75, 3.05) is 13.6 Å². The smallest absolute Gasteiger partial charge is 0.147 e. The van der Waals surface area contributed by atoms with Crippen LogP contribution in [-0.2, 0) is 18.9 Å². The third kappa shape index (κ3) is 4.63. The Labute approximate surface area is 161 Å². The molecule has 4 heteroatoms. The Morgan fingerprint density at radius 2 is 0.846 bits per heavy atom. The third-order valence-electron chi connectivity index (χ3n) is 7.63. The highest BCUT2D eigenvalue weighted by Gasteiger charge is 2.49. The van der Waals surface area contributed by atoms with E-state index in [9.17, 15) is 0 Å². The first-order valence-corrected chi connectivity index (χ1v) is 10.1. The summed E-state index contributed by atoms with van der Waals surface area (Å²) >= 11 is 0. The lowest BCUT2D eigenvalue weighted by Crippen LogP contribution is -2.46. The molecule has 2 heterocycles. The van der Waals surface area contributed by atoms with Crippen molar-refractivity contribution in [3.63, 3.8) is 0 Å². The van der Waals surface area contributed by atoms with E-state index in [-0.39, 0.29) is 46.1 Å². The van der Waals surface area contributed by atoms with Crippen LogP contribution in [-0.4, -0.2) is 38.0 Å². The lowest BCUT2D eigenvalue weighted by atomic mass is 9.65. The third-order valence-corrected chi connectivity index (χ3v) is 7.63. The van der Waals surface area contributed by atoms with E-state index in [0.717, 1.165) is 12.8 Å². The van der Waals surface area contributed by atoms with Crippen molar-refractivity contribution < 1.29 is 18.9 Å². The maximum atomic E-state index is 6.01. The topological polar surface area (TPSA) is 36.9 Å². The highest BCUT2D eigenvalue weighted by atomic mass is 16.8. The Balaban J connectivity index is 2.10. The van der Waals surface area contributed by atoms with Crippen molar-refractivity contribution in [2.24, 2.45) is 21.7 Å². The van der Waals surface area contributed by atoms with Crippen LogP contribution in [0.25, 0.3) is 0 Å². The molecule has 0 aromatic heterocycles. The van der Waals surface area contributed by atoms with E-state index in [0.29, 0.717) is 13.6 Å². The monoisotopic (exact) mass is 370 g/mol. The zero-order chi connectivity index (χ0) is 20.0. The highest BCUT2D eigenvalue weighted by Crippen LogP contribution is 2.46. The van der Waals surface area contributed by atoms with Gasteiger partial charge in [0.1, 0.15) is 25.8 Å². The Bertz CT molecular complexity index is 426. The summed E-state index contributed by atoms with van der Waals surface area (Å²) in [6, 6.07) is 0. The number of ether oxygens (including phenoxy) is 4. The average molecular weight is 371 g/mol. The molecule has 2 fully saturated rings. The van der Waals surface area contributed by atoms with Crippen molar-refractivity contribution in [2.45, 2.75) is 106 Å². The zero-order valence-electron chi connectivity index (χ0n) is 18.8. The Morgan fingerprint density at radius 3 is 1.12 bits per heavy atom. The summed E-state index contributed by atoms with van der Waals surface area (Å²) in [6.07, 6.45) is 1.90. The maximum Gasteiger partial charge on any atom is 0.147 e. The van der Waals surface area contributed by atoms with E-state index in [1.807, 2.05) is 0 Å². The molecule has 0 aromatic carbocycles. The van der Waals surface area contributed by atoms with Gasteiger partial charge in [0.15, 0.2) is 0 Å². The number of hydrogen-bond acceptors (Lipinski definition) is 4. The molecule has 26 heavy (non-hydrogen) atoms. The first-order chi connectivity index (χ1) is 11.7. The molecular formula is C22H42O4. The van der Waals surface area contributed by atoms with E-state index in [2.05, 4.69) is 69.2 Å². The maximum absolute atomic E-state index is 6.01. The second-order valence-electron chi connectivity index (χ2n) is 11.6. The summed E-state index contributed by atoms with van der Waals surface area (Å²) in [5.41, 5.74) is 0.681. The molecule has 0 aliphatic carbocycles. The van der Waals surface area contributed by atoms with Crippen molar-refractivity contribution in [1.82, 2.24) is 0 Å². The predicted octanol–water partition coefficient (Wildman–Crippen LogP) is 5.39. The van der Waals surface area contributed by atoms with Crippen LogP contribution < -0.4 is 0 Å². The molecule has 0 N–H and O–H groups in total. The second-order valence-corrected chi connectivity index (χ2v) is 11.6. The van der Waals surface area contributed by atoms with Crippen molar-refractivity contribution >= 4 is 0 Å². The fourth-order valence-corrected chi connectivity index (χ4v) is 3.40. The highest BCUT2D eigenvalue weighted by molar-refractivity contribution is 4.96. The minimum Gasteiger partial charge on any atom is -0.349 e. The van der Waals surface area contributed by atoms with Gasteiger partial charge >= 0.3 is 0 Å². The van der Waals surface area contributed by atoms with Gasteiger partial charge in [-0.3, -0.25) is 0 Å². The summed E-state index contributed by atoms with van der Waals surface area (Å²) < 4.78 is 24.0. The summed E-state index contributed by atoms with van der Waals surface area (Å²) in [5.74, 6) is 0. The van der Waals surface area contributed by atoms with Gasteiger partial charge in [0.25, 0.3) is 0 Å². The van der Waals surface area contributed by atoms with Crippen LogP contribution in [0.4, 0.5) is 0 Å². The molecule has 2 rings (SSSR count). The first kappa shape index (κ1) is 22.1. The molecule has 0 amide bonds. The van der Waals surface area contributed by atoms with Gasteiger partial charge in [-0.05, 0) is 34.5 Å². The van der Waals surface area contributed by atoms with E-state index in [1.165, 1.54) is 0 Å². The molecule has 4 atom stereocenters. The molecule has 4 nitrogen and oxygen atoms in total. The van der Waals surface area contributed by atoms with E-state index in [1.54, 1.807) is 0 Å². The molecule has 2 saturated heterocycles. The molecule has 2 aliphatic rings. The van der Waals surface area contributed by atoms with Crippen molar-refractivity contribution in [1.29, 1.82) is 0 Å². The lowest BCUT2D eigenvalue weighted by molar-refractivity contribution is -0.0433. The van der Waals surface area contributed by atoms with Crippen LogP contribution in [0.3, 0.4) is 0 Å². The normalized spacial score (nSPS) is 31.6. The van der Waals surface area contributed by atoms with E-state index in [4.69, 9.17) is 18.9 Å². The largest absolute Gasteiger partial charge is 0.349 e. The molecule has 2 aliphatic heterocycles. The van der Waals surface area contributed by atoms with Gasteiger partial charge in [-0.1, -0.05) is 69.2 Å². The number of hydrogen-bond donors (Lipinski definition) is 0. The van der Waals surface area contributed by atoms with Crippen LogP contribution in [0.1, 0.15) is 82.1 Å². The zero-order valence-corrected chi connectivity index (χ0v) is 18.8. The van der Waals surface area contributed by atoms with Crippen LogP contribution in [0.2, 0.25) is 0 Å². The fraction of sp³-hybridized carbons (Fsp3) is 1.00. The Hall–Kier alpha value is -0.160. The molecule has 0 unspecified atom stereocenters. The second kappa shape index (κ2) is 7.35. The quantitative estimate of drug-likeness (QED) is 0.650. The van der Waals surface area contributed by atoms with Gasteiger partial charge in [-0.2, -0.15) is 0 Å². The Morgan fingerprint density at radius 1 is 0.538 bits per heavy atom. The number of rotatable bonds is 5. The van der Waals surface area contributed by atoms with Gasteiger partial charge in [0, 0.05) is 0 Å². The van der Waals surface area contributed by atoms with E-state index >= 15 is 0 Å². The fourth-order valence-electron chi connectivity index (χ4n) is 3.40. The van der Waals surface area contributed by atoms with Gasteiger partial charge < -0.3 is 18.9 Å². The first-order valence-electron chi connectivity index (χ1n) is 10.1. The summed E-state index contributed by atoms with van der Waals surface area (Å²) in [6.45, 7) is 23.7. The van der Waals surface area contributed by atoms with Crippen LogP contribution >= 0.6 is 0 Å². The summed E-state index contributed by atoms with van der Waals surface area (Å²) in [5, 5.41) is 0. The molecule has 154 valence electrons. The molecule has 0 spiro atoms. The Kier molecular flexibility index (Phi) is 6.25. The molecular weight excluding hydrogens is 328 g/mol. The van der Waals surface area contributed by atoms with Gasteiger partial charge in [-0.25, -0.2) is 0 Å². The van der Waals surface area contributed by atoms with Crippen LogP contribution in [0.15, 0.2) is 0 Å². The summed E-state index contributed by atoms with van der Waals surface area (Å²) in [7, 11) is 0. The average Bonchev–Trinajstić information content (AvgIpc) is 3.04. The van der Waals surface area contributed by atoms with Gasteiger partial charge in [-0.15, -0.1) is 0 Å². The van der Waals surface area contributed by atoms with E-state index < -0.39 is 0 Å². The van der Waals surface area contributed by atoms with Crippen LogP contribution in [0.5, 0.6) is 0 Å². The molecule has 0 radical (unpaired) electrons. The standard InChI is InChI=1S/C22H42O4/c1-19(2,3)21(7,8)11-15-17(25-13-23-15)18-16(24-14-26-18)12-22(9,10)20(4,5)6/h15-18H,11-14H2,1-10H3/t15-,16+,17+,18-. The SMILES string of the molecule is CC(C)(C)C(C)(C)C[C@@H]1OCO[C@H]1[C@H]1OCO[C@@H]1CC(C)(C)C(C)(C)C. The van der Waals surface area contributed by atoms with Crippen molar-refractivity contribution in [3.8, 4) is 0 Å². The minimum absolute atomic E-state index is 0.0520. The molecule has 0 saturated carbocycles. The minimum atomic E-state index is -0.0557. The predicted molar refractivity (Wildman–Crippen MR) is 105 cm³/mol. The van der Waals surface area contributed by atoms with Crippen LogP contribution in [0, 0.1) is 21.7 Å².